The first kappa shape index (κ1) is 14.5. The average molecular weight is 349 g/mol. The Kier molecular flexibility index (Phi) is 3.41. The van der Waals surface area contributed by atoms with Gasteiger partial charge in [-0.1, -0.05) is 0 Å². The minimum atomic E-state index is 0.793. The number of anilines is 2. The van der Waals surface area contributed by atoms with Gasteiger partial charge in [-0.2, -0.15) is 0 Å². The third-order valence-electron chi connectivity index (χ3n) is 4.42. The Morgan fingerprint density at radius 1 is 0.800 bits per heavy atom. The summed E-state index contributed by atoms with van der Waals surface area (Å²) in [6.45, 7) is 3.51. The highest BCUT2D eigenvalue weighted by molar-refractivity contribution is 7.25. The molecule has 0 bridgehead atoms. The topological polar surface area (TPSA) is 70.9 Å². The van der Waals surface area contributed by atoms with Gasteiger partial charge in [0.15, 0.2) is 0 Å². The van der Waals surface area contributed by atoms with E-state index in [1.54, 1.807) is 30.1 Å². The average Bonchev–Trinajstić information content (AvgIpc) is 3.08. The highest BCUT2D eigenvalue weighted by Crippen LogP contribution is 2.36. The van der Waals surface area contributed by atoms with Gasteiger partial charge in [-0.25, -0.2) is 24.9 Å². The molecular formula is C17H15N7S. The van der Waals surface area contributed by atoms with E-state index in [9.17, 15) is 0 Å². The largest absolute Gasteiger partial charge is 0.352 e. The molecule has 0 unspecified atom stereocenters. The fourth-order valence-electron chi connectivity index (χ4n) is 3.20. The van der Waals surface area contributed by atoms with Crippen molar-refractivity contribution < 1.29 is 0 Å². The number of rotatable bonds is 2. The summed E-state index contributed by atoms with van der Waals surface area (Å²) in [5.41, 5.74) is 0.993. The highest BCUT2D eigenvalue weighted by Gasteiger charge is 2.22. The Labute approximate surface area is 148 Å². The third kappa shape index (κ3) is 2.45. The van der Waals surface area contributed by atoms with Gasteiger partial charge in [0.1, 0.15) is 17.0 Å². The van der Waals surface area contributed by atoms with Crippen molar-refractivity contribution in [3.63, 3.8) is 0 Å². The minimum absolute atomic E-state index is 0.793. The molecule has 0 spiro atoms. The number of piperazine rings is 1. The zero-order valence-corrected chi connectivity index (χ0v) is 14.2. The Morgan fingerprint density at radius 2 is 1.56 bits per heavy atom. The molecule has 0 amide bonds. The number of fused-ring (bicyclic) bond motifs is 3. The number of pyridine rings is 1. The van der Waals surface area contributed by atoms with Gasteiger partial charge in [-0.15, -0.1) is 11.3 Å². The van der Waals surface area contributed by atoms with E-state index in [1.807, 2.05) is 18.3 Å². The lowest BCUT2D eigenvalue weighted by Gasteiger charge is -2.35. The second kappa shape index (κ2) is 5.89. The molecule has 25 heavy (non-hydrogen) atoms. The van der Waals surface area contributed by atoms with E-state index in [4.69, 9.17) is 0 Å². The van der Waals surface area contributed by atoms with Gasteiger partial charge in [0, 0.05) is 50.2 Å². The van der Waals surface area contributed by atoms with Crippen LogP contribution in [0.2, 0.25) is 0 Å². The molecular weight excluding hydrogens is 334 g/mol. The first-order chi connectivity index (χ1) is 12.4. The number of thiophene rings is 1. The normalized spacial score (nSPS) is 15.2. The van der Waals surface area contributed by atoms with Gasteiger partial charge in [0.2, 0.25) is 5.95 Å². The molecule has 4 aromatic heterocycles. The van der Waals surface area contributed by atoms with Crippen LogP contribution in [0.1, 0.15) is 0 Å². The molecule has 4 aromatic rings. The molecule has 0 aromatic carbocycles. The second-order valence-corrected chi connectivity index (χ2v) is 6.86. The van der Waals surface area contributed by atoms with Crippen molar-refractivity contribution >= 4 is 43.5 Å². The quantitative estimate of drug-likeness (QED) is 0.550. The van der Waals surface area contributed by atoms with Crippen molar-refractivity contribution in [2.45, 2.75) is 0 Å². The summed E-state index contributed by atoms with van der Waals surface area (Å²) >= 11 is 1.66. The van der Waals surface area contributed by atoms with E-state index >= 15 is 0 Å². The molecule has 1 aliphatic heterocycles. The van der Waals surface area contributed by atoms with E-state index < -0.39 is 0 Å². The monoisotopic (exact) mass is 349 g/mol. The van der Waals surface area contributed by atoms with Crippen molar-refractivity contribution in [2.24, 2.45) is 0 Å². The van der Waals surface area contributed by atoms with Crippen molar-refractivity contribution in [1.29, 1.82) is 0 Å². The van der Waals surface area contributed by atoms with Crippen molar-refractivity contribution in [2.75, 3.05) is 36.0 Å². The predicted octanol–water partition coefficient (Wildman–Crippen LogP) is 2.36. The molecule has 0 aliphatic carbocycles. The number of nitrogens with zero attached hydrogens (tertiary/aromatic N) is 7. The Morgan fingerprint density at radius 3 is 2.40 bits per heavy atom. The fraction of sp³-hybridized carbons (Fsp3) is 0.235. The third-order valence-corrected chi connectivity index (χ3v) is 5.52. The van der Waals surface area contributed by atoms with Crippen LogP contribution in [0, 0.1) is 0 Å². The van der Waals surface area contributed by atoms with Crippen LogP contribution in [0.15, 0.2) is 43.1 Å². The molecule has 0 saturated carbocycles. The van der Waals surface area contributed by atoms with Gasteiger partial charge < -0.3 is 9.80 Å². The summed E-state index contributed by atoms with van der Waals surface area (Å²) in [6.07, 6.45) is 7.05. The molecule has 5 rings (SSSR count). The van der Waals surface area contributed by atoms with Crippen molar-refractivity contribution in [3.05, 3.63) is 43.1 Å². The fourth-order valence-corrected chi connectivity index (χ4v) is 4.31. The molecule has 124 valence electrons. The maximum atomic E-state index is 4.57. The van der Waals surface area contributed by atoms with Gasteiger partial charge in [0.25, 0.3) is 0 Å². The zero-order chi connectivity index (χ0) is 16.6. The minimum Gasteiger partial charge on any atom is -0.352 e. The molecule has 7 nitrogen and oxygen atoms in total. The lowest BCUT2D eigenvalue weighted by Crippen LogP contribution is -2.47. The number of aromatic nitrogens is 5. The summed E-state index contributed by atoms with van der Waals surface area (Å²) in [4.78, 5) is 27.7. The lowest BCUT2D eigenvalue weighted by molar-refractivity contribution is 0.636. The lowest BCUT2D eigenvalue weighted by atomic mass is 10.2. The van der Waals surface area contributed by atoms with Crippen molar-refractivity contribution in [1.82, 2.24) is 24.9 Å². The van der Waals surface area contributed by atoms with Gasteiger partial charge >= 0.3 is 0 Å². The van der Waals surface area contributed by atoms with E-state index in [2.05, 4.69) is 40.8 Å². The smallest absolute Gasteiger partial charge is 0.225 e. The molecule has 8 heteroatoms. The van der Waals surface area contributed by atoms with E-state index in [0.29, 0.717) is 0 Å². The maximum Gasteiger partial charge on any atom is 0.225 e. The molecule has 5 heterocycles. The Hall–Kier alpha value is -2.87. The molecule has 0 radical (unpaired) electrons. The van der Waals surface area contributed by atoms with Crippen LogP contribution in [0.4, 0.5) is 11.8 Å². The summed E-state index contributed by atoms with van der Waals surface area (Å²) in [5, 5.41) is 1.10. The Bertz CT molecular complexity index is 1020. The molecule has 1 fully saturated rings. The second-order valence-electron chi connectivity index (χ2n) is 5.86. The van der Waals surface area contributed by atoms with E-state index in [0.717, 1.165) is 58.4 Å². The SMILES string of the molecule is c1cnc(N2CCN(c3ncnc4c3sc3ncccc34)CC2)nc1. The van der Waals surface area contributed by atoms with Crippen LogP contribution < -0.4 is 9.80 Å². The standard InChI is InChI=1S/C17H15N7S/c1-3-12-13-14(25-16(12)18-4-1)15(22-11-21-13)23-7-9-24(10-8-23)17-19-5-2-6-20-17/h1-6,11H,7-10H2. The van der Waals surface area contributed by atoms with Gasteiger partial charge in [-0.05, 0) is 18.2 Å². The summed E-state index contributed by atoms with van der Waals surface area (Å²) in [7, 11) is 0. The van der Waals surface area contributed by atoms with Crippen LogP contribution in [-0.4, -0.2) is 51.1 Å². The molecule has 0 N–H and O–H groups in total. The van der Waals surface area contributed by atoms with Crippen LogP contribution >= 0.6 is 11.3 Å². The molecule has 0 atom stereocenters. The summed E-state index contributed by atoms with van der Waals surface area (Å²) in [6, 6.07) is 5.87. The van der Waals surface area contributed by atoms with Crippen molar-refractivity contribution in [3.8, 4) is 0 Å². The first-order valence-electron chi connectivity index (χ1n) is 8.15. The van der Waals surface area contributed by atoms with Crippen LogP contribution in [0.25, 0.3) is 20.4 Å². The first-order valence-corrected chi connectivity index (χ1v) is 8.97. The van der Waals surface area contributed by atoms with Crippen LogP contribution in [0.3, 0.4) is 0 Å². The van der Waals surface area contributed by atoms with Crippen LogP contribution in [-0.2, 0) is 0 Å². The summed E-state index contributed by atoms with van der Waals surface area (Å²) < 4.78 is 1.11. The highest BCUT2D eigenvalue weighted by atomic mass is 32.1. The van der Waals surface area contributed by atoms with Gasteiger partial charge in [0.05, 0.1) is 10.2 Å². The van der Waals surface area contributed by atoms with E-state index in [-0.39, 0.29) is 0 Å². The number of hydrogen-bond acceptors (Lipinski definition) is 8. The number of hydrogen-bond donors (Lipinski definition) is 0. The molecule has 1 saturated heterocycles. The predicted molar refractivity (Wildman–Crippen MR) is 99.2 cm³/mol. The van der Waals surface area contributed by atoms with Crippen LogP contribution in [0.5, 0.6) is 0 Å². The summed E-state index contributed by atoms with van der Waals surface area (Å²) in [5.74, 6) is 1.79. The maximum absolute atomic E-state index is 4.57. The Balaban J connectivity index is 1.46. The molecule has 1 aliphatic rings. The zero-order valence-electron chi connectivity index (χ0n) is 13.4. The van der Waals surface area contributed by atoms with Gasteiger partial charge in [-0.3, -0.25) is 0 Å². The van der Waals surface area contributed by atoms with E-state index in [1.165, 1.54) is 0 Å².